The molecule has 8 heteroatoms. The average molecular weight is 457 g/mol. The molecule has 34 heavy (non-hydrogen) atoms. The minimum Gasteiger partial charge on any atom is -0.463 e. The second-order valence-corrected chi connectivity index (χ2v) is 7.68. The van der Waals surface area contributed by atoms with E-state index in [2.05, 4.69) is 22.3 Å². The zero-order chi connectivity index (χ0) is 23.5. The van der Waals surface area contributed by atoms with Crippen molar-refractivity contribution < 1.29 is 19.0 Å². The smallest absolute Gasteiger partial charge is 0.336 e. The van der Waals surface area contributed by atoms with Gasteiger partial charge in [-0.15, -0.1) is 5.10 Å². The summed E-state index contributed by atoms with van der Waals surface area (Å²) in [6.45, 7) is 4.62. The molecule has 0 saturated heterocycles. The molecule has 0 radical (unpaired) electrons. The van der Waals surface area contributed by atoms with E-state index in [-0.39, 0.29) is 18.7 Å². The van der Waals surface area contributed by atoms with E-state index < -0.39 is 0 Å². The number of amides is 1. The molecule has 8 nitrogen and oxygen atoms in total. The first kappa shape index (κ1) is 21.5. The molecule has 5 rings (SSSR count). The minimum absolute atomic E-state index is 0.157. The third kappa shape index (κ3) is 4.30. The number of rotatable bonds is 7. The number of nitrogens with zero attached hydrogens (tertiary/aromatic N) is 3. The molecular weight excluding hydrogens is 432 g/mol. The maximum atomic E-state index is 12.6. The van der Waals surface area contributed by atoms with Crippen molar-refractivity contribution in [3.63, 3.8) is 0 Å². The van der Waals surface area contributed by atoms with Gasteiger partial charge in [0.2, 0.25) is 6.79 Å². The van der Waals surface area contributed by atoms with Crippen molar-refractivity contribution in [2.45, 2.75) is 20.3 Å². The predicted molar refractivity (Wildman–Crippen MR) is 128 cm³/mol. The largest absolute Gasteiger partial charge is 0.463 e. The van der Waals surface area contributed by atoms with Crippen LogP contribution in [0.4, 0.5) is 5.69 Å². The van der Waals surface area contributed by atoms with E-state index in [1.807, 2.05) is 73.7 Å². The highest BCUT2D eigenvalue weighted by Crippen LogP contribution is 2.36. The van der Waals surface area contributed by atoms with E-state index in [9.17, 15) is 4.79 Å². The van der Waals surface area contributed by atoms with Crippen molar-refractivity contribution in [3.8, 4) is 34.6 Å². The Hall–Kier alpha value is -4.33. The van der Waals surface area contributed by atoms with Crippen LogP contribution in [0, 0.1) is 0 Å². The van der Waals surface area contributed by atoms with Crippen molar-refractivity contribution in [2.75, 3.05) is 18.7 Å². The highest BCUT2D eigenvalue weighted by molar-refractivity contribution is 6.04. The lowest BCUT2D eigenvalue weighted by Crippen LogP contribution is -2.12. The third-order valence-corrected chi connectivity index (χ3v) is 5.49. The van der Waals surface area contributed by atoms with Crippen molar-refractivity contribution in [1.82, 2.24) is 14.8 Å². The monoisotopic (exact) mass is 456 g/mol. The van der Waals surface area contributed by atoms with Crippen LogP contribution in [0.5, 0.6) is 17.5 Å². The van der Waals surface area contributed by atoms with E-state index in [0.717, 1.165) is 17.7 Å². The molecule has 0 unspecified atom stereocenters. The summed E-state index contributed by atoms with van der Waals surface area (Å²) in [6, 6.07) is 20.9. The van der Waals surface area contributed by atoms with Crippen LogP contribution in [-0.4, -0.2) is 34.1 Å². The second kappa shape index (κ2) is 9.27. The van der Waals surface area contributed by atoms with Crippen LogP contribution in [0.3, 0.4) is 0 Å². The fraction of sp³-hybridized carbons (Fsp3) is 0.192. The number of fused-ring (bicyclic) bond motifs is 1. The van der Waals surface area contributed by atoms with Crippen LogP contribution in [0.2, 0.25) is 0 Å². The van der Waals surface area contributed by atoms with Gasteiger partial charge in [-0.25, -0.2) is 4.68 Å². The fourth-order valence-corrected chi connectivity index (χ4v) is 3.67. The van der Waals surface area contributed by atoms with Gasteiger partial charge in [-0.3, -0.25) is 4.79 Å². The Balaban J connectivity index is 1.40. The summed E-state index contributed by atoms with van der Waals surface area (Å²) < 4.78 is 18.2. The van der Waals surface area contributed by atoms with Gasteiger partial charge in [0.15, 0.2) is 17.3 Å². The van der Waals surface area contributed by atoms with Crippen LogP contribution < -0.4 is 19.5 Å². The molecule has 0 atom stereocenters. The summed E-state index contributed by atoms with van der Waals surface area (Å²) >= 11 is 0. The summed E-state index contributed by atoms with van der Waals surface area (Å²) in [5, 5.41) is 7.45. The van der Waals surface area contributed by atoms with Gasteiger partial charge in [-0.2, -0.15) is 4.98 Å². The zero-order valence-corrected chi connectivity index (χ0v) is 18.9. The zero-order valence-electron chi connectivity index (χ0n) is 18.9. The Bertz CT molecular complexity index is 1310. The van der Waals surface area contributed by atoms with Crippen LogP contribution in [0.1, 0.15) is 29.8 Å². The van der Waals surface area contributed by atoms with E-state index >= 15 is 0 Å². The van der Waals surface area contributed by atoms with Crippen LogP contribution in [0.15, 0.2) is 66.7 Å². The van der Waals surface area contributed by atoms with Gasteiger partial charge < -0.3 is 19.5 Å². The number of carbonyl (C=O) groups is 1. The molecule has 0 fully saturated rings. The maximum absolute atomic E-state index is 12.6. The highest BCUT2D eigenvalue weighted by atomic mass is 16.7. The number of hydrogen-bond acceptors (Lipinski definition) is 6. The predicted octanol–water partition coefficient (Wildman–Crippen LogP) is 4.88. The van der Waals surface area contributed by atoms with E-state index in [1.54, 1.807) is 4.68 Å². The molecule has 0 bridgehead atoms. The minimum atomic E-state index is -0.157. The Morgan fingerprint density at radius 2 is 1.76 bits per heavy atom. The molecule has 1 aliphatic rings. The van der Waals surface area contributed by atoms with Crippen LogP contribution in [-0.2, 0) is 6.42 Å². The van der Waals surface area contributed by atoms with Gasteiger partial charge in [-0.1, -0.05) is 19.1 Å². The molecule has 2 heterocycles. The Morgan fingerprint density at radius 3 is 2.50 bits per heavy atom. The third-order valence-electron chi connectivity index (χ3n) is 5.49. The van der Waals surface area contributed by atoms with Gasteiger partial charge in [0.25, 0.3) is 5.91 Å². The van der Waals surface area contributed by atoms with Crippen LogP contribution >= 0.6 is 0 Å². The molecule has 1 N–H and O–H groups in total. The summed E-state index contributed by atoms with van der Waals surface area (Å²) in [5.74, 6) is 1.81. The van der Waals surface area contributed by atoms with Gasteiger partial charge in [0.05, 0.1) is 12.3 Å². The topological polar surface area (TPSA) is 87.5 Å². The molecule has 4 aromatic rings. The summed E-state index contributed by atoms with van der Waals surface area (Å²) in [5.41, 5.74) is 4.08. The number of hydrogen-bond donors (Lipinski definition) is 1. The van der Waals surface area contributed by atoms with E-state index in [4.69, 9.17) is 14.2 Å². The number of nitrogens with one attached hydrogen (secondary N) is 1. The number of anilines is 1. The molecule has 1 aliphatic heterocycles. The molecule has 0 saturated carbocycles. The molecule has 0 aliphatic carbocycles. The summed E-state index contributed by atoms with van der Waals surface area (Å²) in [7, 11) is 0. The highest BCUT2D eigenvalue weighted by Gasteiger charge is 2.19. The van der Waals surface area contributed by atoms with E-state index in [0.29, 0.717) is 35.2 Å². The Kier molecular flexibility index (Phi) is 5.86. The number of ether oxygens (including phenoxy) is 3. The molecule has 172 valence electrons. The molecular formula is C26H24N4O4. The van der Waals surface area contributed by atoms with Gasteiger partial charge in [0, 0.05) is 16.8 Å². The van der Waals surface area contributed by atoms with Gasteiger partial charge >= 0.3 is 6.01 Å². The standard InChI is InChI=1S/C26H24N4O4/c1-3-17-5-7-18(8-6-17)25(31)27-20-10-12-21(13-11-20)30-24(28-26(29-30)32-4-2)19-9-14-22-23(15-19)34-16-33-22/h5-15H,3-4,16H2,1-2H3,(H,27,31). The van der Waals surface area contributed by atoms with Crippen molar-refractivity contribution in [1.29, 1.82) is 0 Å². The first-order valence-corrected chi connectivity index (χ1v) is 11.1. The fourth-order valence-electron chi connectivity index (χ4n) is 3.67. The van der Waals surface area contributed by atoms with Crippen molar-refractivity contribution >= 4 is 11.6 Å². The quantitative estimate of drug-likeness (QED) is 0.427. The van der Waals surface area contributed by atoms with E-state index in [1.165, 1.54) is 5.56 Å². The Labute approximate surface area is 197 Å². The summed E-state index contributed by atoms with van der Waals surface area (Å²) in [6.07, 6.45) is 0.935. The molecule has 3 aromatic carbocycles. The van der Waals surface area contributed by atoms with Crippen LogP contribution in [0.25, 0.3) is 17.1 Å². The number of aryl methyl sites for hydroxylation is 1. The maximum Gasteiger partial charge on any atom is 0.336 e. The van der Waals surface area contributed by atoms with Crippen molar-refractivity contribution in [2.24, 2.45) is 0 Å². The molecule has 0 spiro atoms. The second-order valence-electron chi connectivity index (χ2n) is 7.68. The lowest BCUT2D eigenvalue weighted by atomic mass is 10.1. The molecule has 1 amide bonds. The average Bonchev–Trinajstić information content (AvgIpc) is 3.51. The first-order valence-electron chi connectivity index (χ1n) is 11.1. The molecule has 1 aromatic heterocycles. The normalized spacial score (nSPS) is 11.9. The van der Waals surface area contributed by atoms with Crippen molar-refractivity contribution in [3.05, 3.63) is 77.9 Å². The number of carbonyl (C=O) groups excluding carboxylic acids is 1. The lowest BCUT2D eigenvalue weighted by Gasteiger charge is -2.09. The van der Waals surface area contributed by atoms with Gasteiger partial charge in [0.1, 0.15) is 0 Å². The summed E-state index contributed by atoms with van der Waals surface area (Å²) in [4.78, 5) is 17.2. The van der Waals surface area contributed by atoms with Gasteiger partial charge in [-0.05, 0) is 73.5 Å². The first-order chi connectivity index (χ1) is 16.6. The lowest BCUT2D eigenvalue weighted by molar-refractivity contribution is 0.102. The SMILES string of the molecule is CCOc1nc(-c2ccc3c(c2)OCO3)n(-c2ccc(NC(=O)c3ccc(CC)cc3)cc2)n1. The Morgan fingerprint density at radius 1 is 1.00 bits per heavy atom. The number of aromatic nitrogens is 3. The number of benzene rings is 3.